The molecule has 0 saturated heterocycles. The largest absolute Gasteiger partial charge is 0.508 e. The Bertz CT molecular complexity index is 400. The van der Waals surface area contributed by atoms with Gasteiger partial charge in [0.15, 0.2) is 0 Å². The van der Waals surface area contributed by atoms with Crippen molar-refractivity contribution in [1.29, 1.82) is 0 Å². The van der Waals surface area contributed by atoms with E-state index in [1.165, 1.54) is 5.56 Å². The molecule has 0 aliphatic rings. The SMILES string of the molecule is CCNC(Cc1cccc(O)c1)C(CC)(CC)N(C)C. The summed E-state index contributed by atoms with van der Waals surface area (Å²) in [5, 5.41) is 13.3. The smallest absolute Gasteiger partial charge is 0.115 e. The molecular formula is C17H30N2O. The molecule has 0 saturated carbocycles. The molecule has 114 valence electrons. The number of phenolic OH excluding ortho intramolecular Hbond substituents is 1. The van der Waals surface area contributed by atoms with Crippen LogP contribution in [-0.4, -0.2) is 42.2 Å². The van der Waals surface area contributed by atoms with Crippen LogP contribution in [0.15, 0.2) is 24.3 Å². The molecule has 3 heteroatoms. The monoisotopic (exact) mass is 278 g/mol. The van der Waals surface area contributed by atoms with Gasteiger partial charge in [0.2, 0.25) is 0 Å². The van der Waals surface area contributed by atoms with E-state index in [4.69, 9.17) is 0 Å². The molecule has 20 heavy (non-hydrogen) atoms. The Hall–Kier alpha value is -1.06. The highest BCUT2D eigenvalue weighted by molar-refractivity contribution is 5.28. The Balaban J connectivity index is 3.03. The minimum atomic E-state index is 0.140. The summed E-state index contributed by atoms with van der Waals surface area (Å²) in [6, 6.07) is 7.98. The summed E-state index contributed by atoms with van der Waals surface area (Å²) in [6.45, 7) is 7.63. The number of hydrogen-bond donors (Lipinski definition) is 2. The van der Waals surface area contributed by atoms with Gasteiger partial charge in [-0.05, 0) is 57.6 Å². The highest BCUT2D eigenvalue weighted by Crippen LogP contribution is 2.28. The zero-order valence-corrected chi connectivity index (χ0v) is 13.6. The van der Waals surface area contributed by atoms with Crippen molar-refractivity contribution in [1.82, 2.24) is 10.2 Å². The molecule has 0 heterocycles. The van der Waals surface area contributed by atoms with Crippen molar-refractivity contribution in [2.45, 2.75) is 51.6 Å². The Morgan fingerprint density at radius 2 is 1.85 bits per heavy atom. The third-order valence-corrected chi connectivity index (χ3v) is 4.56. The van der Waals surface area contributed by atoms with Crippen LogP contribution in [0.25, 0.3) is 0 Å². The molecule has 1 atom stereocenters. The van der Waals surface area contributed by atoms with E-state index in [0.717, 1.165) is 25.8 Å². The lowest BCUT2D eigenvalue weighted by atomic mass is 9.80. The molecule has 3 nitrogen and oxygen atoms in total. The van der Waals surface area contributed by atoms with Crippen LogP contribution in [0, 0.1) is 0 Å². The molecule has 2 N–H and O–H groups in total. The fourth-order valence-corrected chi connectivity index (χ4v) is 3.30. The first-order valence-electron chi connectivity index (χ1n) is 7.68. The van der Waals surface area contributed by atoms with E-state index in [0.29, 0.717) is 11.8 Å². The molecular weight excluding hydrogens is 248 g/mol. The molecule has 1 unspecified atom stereocenters. The molecule has 0 spiro atoms. The van der Waals surface area contributed by atoms with Crippen LogP contribution < -0.4 is 5.32 Å². The van der Waals surface area contributed by atoms with Gasteiger partial charge in [0.05, 0.1) is 0 Å². The highest BCUT2D eigenvalue weighted by Gasteiger charge is 2.37. The minimum absolute atomic E-state index is 0.140. The van der Waals surface area contributed by atoms with Gasteiger partial charge >= 0.3 is 0 Å². The van der Waals surface area contributed by atoms with E-state index >= 15 is 0 Å². The number of hydrogen-bond acceptors (Lipinski definition) is 3. The summed E-state index contributed by atoms with van der Waals surface area (Å²) in [5.41, 5.74) is 1.32. The lowest BCUT2D eigenvalue weighted by Gasteiger charge is -2.45. The fourth-order valence-electron chi connectivity index (χ4n) is 3.30. The predicted molar refractivity (Wildman–Crippen MR) is 86.3 cm³/mol. The van der Waals surface area contributed by atoms with Crippen LogP contribution in [0.5, 0.6) is 5.75 Å². The third-order valence-electron chi connectivity index (χ3n) is 4.56. The zero-order valence-electron chi connectivity index (χ0n) is 13.6. The van der Waals surface area contributed by atoms with E-state index in [2.05, 4.69) is 51.1 Å². The Morgan fingerprint density at radius 1 is 1.20 bits per heavy atom. The second-order valence-electron chi connectivity index (χ2n) is 5.69. The molecule has 0 amide bonds. The second kappa shape index (κ2) is 7.65. The van der Waals surface area contributed by atoms with Gasteiger partial charge in [-0.15, -0.1) is 0 Å². The second-order valence-corrected chi connectivity index (χ2v) is 5.69. The van der Waals surface area contributed by atoms with Crippen molar-refractivity contribution in [2.24, 2.45) is 0 Å². The summed E-state index contributed by atoms with van der Waals surface area (Å²) in [7, 11) is 4.33. The lowest BCUT2D eigenvalue weighted by molar-refractivity contribution is 0.0889. The van der Waals surface area contributed by atoms with Gasteiger partial charge in [-0.2, -0.15) is 0 Å². The molecule has 0 aliphatic carbocycles. The van der Waals surface area contributed by atoms with Crippen LogP contribution in [-0.2, 0) is 6.42 Å². The molecule has 0 bridgehead atoms. The van der Waals surface area contributed by atoms with Gasteiger partial charge in [0.1, 0.15) is 5.75 Å². The van der Waals surface area contributed by atoms with Crippen LogP contribution in [0.1, 0.15) is 39.2 Å². The third kappa shape index (κ3) is 3.74. The van der Waals surface area contributed by atoms with E-state index < -0.39 is 0 Å². The first-order chi connectivity index (χ1) is 9.50. The molecule has 0 radical (unpaired) electrons. The number of nitrogens with one attached hydrogen (secondary N) is 1. The number of nitrogens with zero attached hydrogens (tertiary/aromatic N) is 1. The maximum Gasteiger partial charge on any atom is 0.115 e. The van der Waals surface area contributed by atoms with Gasteiger partial charge in [-0.1, -0.05) is 32.9 Å². The molecule has 1 aromatic carbocycles. The van der Waals surface area contributed by atoms with Crippen molar-refractivity contribution in [3.8, 4) is 5.75 Å². The molecule has 0 aromatic heterocycles. The van der Waals surface area contributed by atoms with E-state index in [1.54, 1.807) is 6.07 Å². The van der Waals surface area contributed by atoms with Crippen molar-refractivity contribution < 1.29 is 5.11 Å². The van der Waals surface area contributed by atoms with Crippen molar-refractivity contribution in [3.63, 3.8) is 0 Å². The maximum atomic E-state index is 9.65. The van der Waals surface area contributed by atoms with Gasteiger partial charge < -0.3 is 15.3 Å². The van der Waals surface area contributed by atoms with Crippen molar-refractivity contribution in [2.75, 3.05) is 20.6 Å². The normalized spacial score (nSPS) is 13.7. The van der Waals surface area contributed by atoms with Gasteiger partial charge in [-0.3, -0.25) is 0 Å². The van der Waals surface area contributed by atoms with Crippen LogP contribution in [0.3, 0.4) is 0 Å². The van der Waals surface area contributed by atoms with Gasteiger partial charge in [0.25, 0.3) is 0 Å². The fraction of sp³-hybridized carbons (Fsp3) is 0.647. The Labute approximate surface area is 124 Å². The number of phenols is 1. The number of benzene rings is 1. The van der Waals surface area contributed by atoms with E-state index in [1.807, 2.05) is 12.1 Å². The number of likely N-dealkylation sites (N-methyl/N-ethyl adjacent to an activating group) is 2. The number of aromatic hydroxyl groups is 1. The quantitative estimate of drug-likeness (QED) is 0.767. The standard InChI is InChI=1S/C17H30N2O/c1-6-17(7-2,19(4)5)16(18-8-3)13-14-10-9-11-15(20)12-14/h9-12,16,18,20H,6-8,13H2,1-5H3. The van der Waals surface area contributed by atoms with Crippen LogP contribution in [0.2, 0.25) is 0 Å². The van der Waals surface area contributed by atoms with Crippen molar-refractivity contribution in [3.05, 3.63) is 29.8 Å². The Kier molecular flexibility index (Phi) is 6.50. The first-order valence-corrected chi connectivity index (χ1v) is 7.68. The molecule has 0 aliphatic heterocycles. The lowest BCUT2D eigenvalue weighted by Crippen LogP contribution is -2.59. The summed E-state index contributed by atoms with van der Waals surface area (Å²) in [4.78, 5) is 2.35. The number of rotatable bonds is 8. The average molecular weight is 278 g/mol. The van der Waals surface area contributed by atoms with E-state index in [9.17, 15) is 5.11 Å². The minimum Gasteiger partial charge on any atom is -0.508 e. The van der Waals surface area contributed by atoms with Crippen molar-refractivity contribution >= 4 is 0 Å². The molecule has 1 aromatic rings. The van der Waals surface area contributed by atoms with E-state index in [-0.39, 0.29) is 5.54 Å². The summed E-state index contributed by atoms with van der Waals surface area (Å²) < 4.78 is 0. The zero-order chi connectivity index (χ0) is 15.2. The Morgan fingerprint density at radius 3 is 2.30 bits per heavy atom. The highest BCUT2D eigenvalue weighted by atomic mass is 16.3. The summed E-state index contributed by atoms with van der Waals surface area (Å²) >= 11 is 0. The topological polar surface area (TPSA) is 35.5 Å². The van der Waals surface area contributed by atoms with Gasteiger partial charge in [-0.25, -0.2) is 0 Å². The van der Waals surface area contributed by atoms with Gasteiger partial charge in [0, 0.05) is 11.6 Å². The molecule has 1 rings (SSSR count). The summed E-state index contributed by atoms with van der Waals surface area (Å²) in [5.74, 6) is 0.348. The van der Waals surface area contributed by atoms with Crippen LogP contribution in [0.4, 0.5) is 0 Å². The average Bonchev–Trinajstić information content (AvgIpc) is 2.40. The predicted octanol–water partition coefficient (Wildman–Crippen LogP) is 3.03. The first kappa shape index (κ1) is 17.0. The summed E-state index contributed by atoms with van der Waals surface area (Å²) in [6.07, 6.45) is 3.14. The maximum absolute atomic E-state index is 9.65. The molecule has 0 fully saturated rings. The van der Waals surface area contributed by atoms with Crippen LogP contribution >= 0.6 is 0 Å².